The number of hydrogen-bond donors (Lipinski definition) is 1. The maximum Gasteiger partial charge on any atom is 0.310 e. The van der Waals surface area contributed by atoms with E-state index in [1.54, 1.807) is 18.2 Å². The van der Waals surface area contributed by atoms with Crippen LogP contribution >= 0.6 is 0 Å². The highest BCUT2D eigenvalue weighted by atomic mass is 19.1. The number of carbonyl (C=O) groups excluding carboxylic acids is 2. The first-order chi connectivity index (χ1) is 18.9. The number of methoxy groups -OCH3 is 3. The number of fused-ring (bicyclic) bond motifs is 3. The van der Waals surface area contributed by atoms with Crippen LogP contribution in [0.2, 0.25) is 0 Å². The van der Waals surface area contributed by atoms with Gasteiger partial charge in [0.15, 0.2) is 23.0 Å². The zero-order chi connectivity index (χ0) is 27.3. The van der Waals surface area contributed by atoms with Gasteiger partial charge < -0.3 is 33.7 Å². The van der Waals surface area contributed by atoms with Crippen molar-refractivity contribution in [2.24, 2.45) is 11.8 Å². The van der Waals surface area contributed by atoms with Crippen LogP contribution < -0.4 is 29.0 Å². The third kappa shape index (κ3) is 3.98. The molecule has 3 aliphatic rings. The van der Waals surface area contributed by atoms with E-state index in [9.17, 15) is 14.0 Å². The number of esters is 1. The minimum Gasteiger partial charge on any atom is -0.493 e. The van der Waals surface area contributed by atoms with Gasteiger partial charge in [-0.05, 0) is 53.1 Å². The van der Waals surface area contributed by atoms with E-state index in [1.807, 2.05) is 12.1 Å². The second-order valence-electron chi connectivity index (χ2n) is 9.52. The van der Waals surface area contributed by atoms with Crippen molar-refractivity contribution in [3.05, 3.63) is 76.6 Å². The standard InChI is InChI=1S/C29H26FNO8/c1-34-22-8-14(9-23(35-2)27(22)36-3)24-16-10-20-21(39-13-38-20)11-17(16)26(18-12-37-29(33)25(18)24)31-28(32)15-6-4-5-7-19(15)30/h4-11,18,24-26H,12-13H2,1-3H3,(H,31,32)/t18-,24+,25?,26+/m0/s1. The maximum absolute atomic E-state index is 14.5. The summed E-state index contributed by atoms with van der Waals surface area (Å²) in [6.07, 6.45) is 0. The van der Waals surface area contributed by atoms with Crippen molar-refractivity contribution in [3.8, 4) is 28.7 Å². The molecular weight excluding hydrogens is 509 g/mol. The van der Waals surface area contributed by atoms with Gasteiger partial charge in [-0.25, -0.2) is 4.39 Å². The molecule has 0 spiro atoms. The van der Waals surface area contributed by atoms with Crippen molar-refractivity contribution < 1.29 is 42.4 Å². The molecule has 3 aromatic carbocycles. The molecule has 1 aliphatic carbocycles. The van der Waals surface area contributed by atoms with Crippen LogP contribution in [0.1, 0.15) is 39.0 Å². The predicted molar refractivity (Wildman–Crippen MR) is 135 cm³/mol. The number of carbonyl (C=O) groups is 2. The lowest BCUT2D eigenvalue weighted by atomic mass is 9.65. The number of cyclic esters (lactones) is 1. The van der Waals surface area contributed by atoms with E-state index in [-0.39, 0.29) is 19.0 Å². The first-order valence-electron chi connectivity index (χ1n) is 12.4. The van der Waals surface area contributed by atoms with Gasteiger partial charge in [-0.3, -0.25) is 9.59 Å². The molecule has 202 valence electrons. The third-order valence-corrected chi connectivity index (χ3v) is 7.64. The average molecular weight is 536 g/mol. The molecule has 1 unspecified atom stereocenters. The van der Waals surface area contributed by atoms with Crippen LogP contribution in [0.25, 0.3) is 0 Å². The summed E-state index contributed by atoms with van der Waals surface area (Å²) in [5, 5.41) is 2.97. The quantitative estimate of drug-likeness (QED) is 0.473. The fourth-order valence-electron chi connectivity index (χ4n) is 5.89. The Kier molecular flexibility index (Phi) is 6.17. The van der Waals surface area contributed by atoms with Gasteiger partial charge in [0.05, 0.1) is 45.5 Å². The van der Waals surface area contributed by atoms with Crippen molar-refractivity contribution in [3.63, 3.8) is 0 Å². The van der Waals surface area contributed by atoms with Gasteiger partial charge in [0.2, 0.25) is 12.5 Å². The maximum atomic E-state index is 14.5. The summed E-state index contributed by atoms with van der Waals surface area (Å²) in [6, 6.07) is 12.4. The van der Waals surface area contributed by atoms with Crippen LogP contribution in [0.5, 0.6) is 28.7 Å². The zero-order valence-corrected chi connectivity index (χ0v) is 21.5. The summed E-state index contributed by atoms with van der Waals surface area (Å²) in [7, 11) is 4.56. The van der Waals surface area contributed by atoms with Crippen molar-refractivity contribution in [1.29, 1.82) is 0 Å². The number of halogens is 1. The molecule has 2 aliphatic heterocycles. The molecule has 6 rings (SSSR count). The molecule has 1 N–H and O–H groups in total. The highest BCUT2D eigenvalue weighted by molar-refractivity contribution is 5.95. The van der Waals surface area contributed by atoms with Gasteiger partial charge in [-0.15, -0.1) is 0 Å². The molecule has 0 aromatic heterocycles. The van der Waals surface area contributed by atoms with Crippen molar-refractivity contribution in [1.82, 2.24) is 5.32 Å². The Labute approximate surface area is 223 Å². The Morgan fingerprint density at radius 1 is 0.923 bits per heavy atom. The van der Waals surface area contributed by atoms with E-state index in [2.05, 4.69) is 5.32 Å². The molecule has 10 heteroatoms. The van der Waals surface area contributed by atoms with E-state index < -0.39 is 41.5 Å². The highest BCUT2D eigenvalue weighted by Gasteiger charge is 2.53. The Bertz CT molecular complexity index is 1450. The second-order valence-corrected chi connectivity index (χ2v) is 9.52. The number of amides is 1. The molecule has 9 nitrogen and oxygen atoms in total. The van der Waals surface area contributed by atoms with Crippen LogP contribution in [0.4, 0.5) is 4.39 Å². The molecule has 2 heterocycles. The van der Waals surface area contributed by atoms with E-state index in [0.29, 0.717) is 28.7 Å². The van der Waals surface area contributed by atoms with E-state index >= 15 is 0 Å². The van der Waals surface area contributed by atoms with Crippen LogP contribution in [0, 0.1) is 17.7 Å². The summed E-state index contributed by atoms with van der Waals surface area (Å²) in [5.74, 6) is -0.881. The molecular formula is C29H26FNO8. The Morgan fingerprint density at radius 3 is 2.23 bits per heavy atom. The molecule has 1 fully saturated rings. The number of hydrogen-bond acceptors (Lipinski definition) is 8. The van der Waals surface area contributed by atoms with Crippen LogP contribution in [0.15, 0.2) is 48.5 Å². The van der Waals surface area contributed by atoms with Crippen molar-refractivity contribution in [2.45, 2.75) is 12.0 Å². The van der Waals surface area contributed by atoms with E-state index in [4.69, 9.17) is 28.4 Å². The van der Waals surface area contributed by atoms with E-state index in [1.165, 1.54) is 39.5 Å². The first-order valence-corrected chi connectivity index (χ1v) is 12.4. The third-order valence-electron chi connectivity index (χ3n) is 7.64. The Hall–Kier alpha value is -4.47. The SMILES string of the molecule is COc1cc([C@@H]2c3cc4c(cc3[C@@H](NC(=O)c3ccccc3F)[C@H]3COC(=O)C23)OCO4)cc(OC)c1OC. The Morgan fingerprint density at radius 2 is 1.59 bits per heavy atom. The zero-order valence-electron chi connectivity index (χ0n) is 21.5. The molecule has 0 saturated carbocycles. The van der Waals surface area contributed by atoms with E-state index in [0.717, 1.165) is 16.7 Å². The molecule has 3 aromatic rings. The largest absolute Gasteiger partial charge is 0.493 e. The topological polar surface area (TPSA) is 102 Å². The molecule has 0 bridgehead atoms. The summed E-state index contributed by atoms with van der Waals surface area (Å²) in [6.45, 7) is 0.134. The van der Waals surface area contributed by atoms with Crippen molar-refractivity contribution >= 4 is 11.9 Å². The monoisotopic (exact) mass is 535 g/mol. The molecule has 39 heavy (non-hydrogen) atoms. The minimum absolute atomic E-state index is 0.0498. The highest BCUT2D eigenvalue weighted by Crippen LogP contribution is 2.55. The molecule has 1 amide bonds. The smallest absolute Gasteiger partial charge is 0.310 e. The lowest BCUT2D eigenvalue weighted by Crippen LogP contribution is -2.43. The van der Waals surface area contributed by atoms with Crippen LogP contribution in [-0.4, -0.2) is 46.6 Å². The normalized spacial score (nSPS) is 22.4. The van der Waals surface area contributed by atoms with Crippen LogP contribution in [-0.2, 0) is 9.53 Å². The number of ether oxygens (including phenoxy) is 6. The molecule has 0 radical (unpaired) electrons. The molecule has 1 saturated heterocycles. The average Bonchev–Trinajstić information content (AvgIpc) is 3.57. The summed E-state index contributed by atoms with van der Waals surface area (Å²) < 4.78 is 48.0. The predicted octanol–water partition coefficient (Wildman–Crippen LogP) is 3.99. The first kappa shape index (κ1) is 24.8. The van der Waals surface area contributed by atoms with Gasteiger partial charge >= 0.3 is 5.97 Å². The van der Waals surface area contributed by atoms with Gasteiger partial charge in [0, 0.05) is 11.8 Å². The fourth-order valence-corrected chi connectivity index (χ4v) is 5.89. The van der Waals surface area contributed by atoms with Gasteiger partial charge in [0.1, 0.15) is 5.82 Å². The number of benzene rings is 3. The summed E-state index contributed by atoms with van der Waals surface area (Å²) in [5.41, 5.74) is 2.11. The van der Waals surface area contributed by atoms with Crippen LogP contribution in [0.3, 0.4) is 0 Å². The lowest BCUT2D eigenvalue weighted by molar-refractivity contribution is -0.141. The fraction of sp³-hybridized carbons (Fsp3) is 0.310. The summed E-state index contributed by atoms with van der Waals surface area (Å²) >= 11 is 0. The summed E-state index contributed by atoms with van der Waals surface area (Å²) in [4.78, 5) is 26.5. The van der Waals surface area contributed by atoms with Gasteiger partial charge in [-0.1, -0.05) is 12.1 Å². The van der Waals surface area contributed by atoms with Gasteiger partial charge in [0.25, 0.3) is 5.91 Å². The second kappa shape index (κ2) is 9.68. The molecule has 4 atom stereocenters. The van der Waals surface area contributed by atoms with Gasteiger partial charge in [-0.2, -0.15) is 0 Å². The minimum atomic E-state index is -0.661. The number of nitrogens with one attached hydrogen (secondary N) is 1. The number of rotatable bonds is 6. The van der Waals surface area contributed by atoms with Crippen molar-refractivity contribution in [2.75, 3.05) is 34.7 Å². The lowest BCUT2D eigenvalue weighted by Gasteiger charge is -2.39. The Balaban J connectivity index is 1.53.